The lowest BCUT2D eigenvalue weighted by Crippen LogP contribution is -2.03. The summed E-state index contributed by atoms with van der Waals surface area (Å²) in [6, 6.07) is 0. The molecule has 0 unspecified atom stereocenters. The zero-order chi connectivity index (χ0) is 10.0. The fourth-order valence-electron chi connectivity index (χ4n) is 0.739. The topological polar surface area (TPSA) is 42.9 Å². The van der Waals surface area contributed by atoms with Gasteiger partial charge in [-0.05, 0) is 23.2 Å². The summed E-state index contributed by atoms with van der Waals surface area (Å²) in [6.07, 6.45) is 0. The SMILES string of the molecule is O=C(Cl)c1c(Cl)nc(Cl)nc1CCl. The van der Waals surface area contributed by atoms with Crippen LogP contribution in [-0.4, -0.2) is 15.2 Å². The summed E-state index contributed by atoms with van der Waals surface area (Å²) in [5.41, 5.74) is 0.231. The molecule has 0 aliphatic rings. The van der Waals surface area contributed by atoms with Crippen molar-refractivity contribution in [3.05, 3.63) is 21.7 Å². The smallest absolute Gasteiger partial charge is 0.257 e. The molecule has 0 saturated carbocycles. The van der Waals surface area contributed by atoms with Crippen molar-refractivity contribution in [1.29, 1.82) is 0 Å². The van der Waals surface area contributed by atoms with Gasteiger partial charge in [0.15, 0.2) is 0 Å². The second-order valence-corrected chi connectivity index (χ2v) is 3.32. The molecule has 0 aliphatic carbocycles. The summed E-state index contributed by atoms with van der Waals surface area (Å²) in [6.45, 7) is 0. The molecule has 13 heavy (non-hydrogen) atoms. The van der Waals surface area contributed by atoms with E-state index in [0.29, 0.717) is 0 Å². The number of rotatable bonds is 2. The Hall–Kier alpha value is -0.0900. The van der Waals surface area contributed by atoms with Gasteiger partial charge < -0.3 is 0 Å². The van der Waals surface area contributed by atoms with Gasteiger partial charge in [0.1, 0.15) is 5.15 Å². The van der Waals surface area contributed by atoms with E-state index in [9.17, 15) is 4.79 Å². The van der Waals surface area contributed by atoms with E-state index in [4.69, 9.17) is 46.4 Å². The zero-order valence-corrected chi connectivity index (χ0v) is 9.05. The zero-order valence-electron chi connectivity index (χ0n) is 6.02. The first kappa shape index (κ1) is 11.0. The van der Waals surface area contributed by atoms with Gasteiger partial charge in [-0.15, -0.1) is 11.6 Å². The first-order valence-electron chi connectivity index (χ1n) is 3.04. The maximum atomic E-state index is 10.9. The number of halogens is 4. The number of nitrogens with zero attached hydrogens (tertiary/aromatic N) is 2. The maximum Gasteiger partial charge on any atom is 0.257 e. The third-order valence-electron chi connectivity index (χ3n) is 1.24. The molecule has 1 rings (SSSR count). The first-order chi connectivity index (χ1) is 6.06. The number of hydrogen-bond acceptors (Lipinski definition) is 3. The molecule has 0 bridgehead atoms. The van der Waals surface area contributed by atoms with Crippen molar-refractivity contribution < 1.29 is 4.79 Å². The second kappa shape index (κ2) is 4.42. The van der Waals surface area contributed by atoms with Crippen LogP contribution in [0.2, 0.25) is 10.4 Å². The largest absolute Gasteiger partial charge is 0.275 e. The van der Waals surface area contributed by atoms with Gasteiger partial charge in [0, 0.05) is 0 Å². The molecule has 0 aliphatic heterocycles. The Balaban J connectivity index is 3.38. The van der Waals surface area contributed by atoms with Crippen LogP contribution in [0.3, 0.4) is 0 Å². The molecule has 0 radical (unpaired) electrons. The number of alkyl halides is 1. The standard InChI is InChI=1S/C6H2Cl4N2O/c7-1-2-3(5(9)13)4(8)12-6(10)11-2/h1H2. The minimum Gasteiger partial charge on any atom is -0.275 e. The summed E-state index contributed by atoms with van der Waals surface area (Å²) in [5.74, 6) is -0.00421. The summed E-state index contributed by atoms with van der Waals surface area (Å²) in [7, 11) is 0. The van der Waals surface area contributed by atoms with Crippen molar-refractivity contribution in [2.24, 2.45) is 0 Å². The van der Waals surface area contributed by atoms with Gasteiger partial charge >= 0.3 is 0 Å². The molecule has 1 aromatic rings. The lowest BCUT2D eigenvalue weighted by Gasteiger charge is -2.02. The van der Waals surface area contributed by atoms with Crippen molar-refractivity contribution in [1.82, 2.24) is 9.97 Å². The predicted octanol–water partition coefficient (Wildman–Crippen LogP) is 2.90. The molecule has 0 amide bonds. The number of carbonyl (C=O) groups is 1. The number of hydrogen-bond donors (Lipinski definition) is 0. The highest BCUT2D eigenvalue weighted by Gasteiger charge is 2.16. The van der Waals surface area contributed by atoms with Crippen LogP contribution in [0.4, 0.5) is 0 Å². The Kier molecular flexibility index (Phi) is 3.74. The number of aromatic nitrogens is 2. The Morgan fingerprint density at radius 2 is 1.92 bits per heavy atom. The van der Waals surface area contributed by atoms with E-state index in [1.807, 2.05) is 0 Å². The van der Waals surface area contributed by atoms with Crippen LogP contribution in [0.1, 0.15) is 16.1 Å². The van der Waals surface area contributed by atoms with Crippen LogP contribution >= 0.6 is 46.4 Å². The fraction of sp³-hybridized carbons (Fsp3) is 0.167. The Morgan fingerprint density at radius 1 is 1.31 bits per heavy atom. The maximum absolute atomic E-state index is 10.9. The molecule has 1 aromatic heterocycles. The predicted molar refractivity (Wildman–Crippen MR) is 51.8 cm³/mol. The molecule has 1 heterocycles. The Morgan fingerprint density at radius 3 is 2.38 bits per heavy atom. The van der Waals surface area contributed by atoms with E-state index in [1.54, 1.807) is 0 Å². The normalized spacial score (nSPS) is 10.2. The third kappa shape index (κ3) is 2.44. The van der Waals surface area contributed by atoms with Crippen molar-refractivity contribution in [2.75, 3.05) is 0 Å². The summed E-state index contributed by atoms with van der Waals surface area (Å²) < 4.78 is 0. The molecular weight excluding hydrogens is 258 g/mol. The van der Waals surface area contributed by atoms with E-state index in [2.05, 4.69) is 9.97 Å². The molecule has 0 N–H and O–H groups in total. The molecule has 3 nitrogen and oxygen atoms in total. The highest BCUT2D eigenvalue weighted by molar-refractivity contribution is 6.68. The Labute approximate surface area is 94.0 Å². The quantitative estimate of drug-likeness (QED) is 0.355. The van der Waals surface area contributed by atoms with Crippen LogP contribution in [-0.2, 0) is 5.88 Å². The minimum atomic E-state index is -0.752. The van der Waals surface area contributed by atoms with Crippen molar-refractivity contribution in [3.8, 4) is 0 Å². The highest BCUT2D eigenvalue weighted by atomic mass is 35.5. The van der Waals surface area contributed by atoms with Gasteiger partial charge in [-0.2, -0.15) is 0 Å². The third-order valence-corrected chi connectivity index (χ3v) is 2.12. The average molecular weight is 260 g/mol. The molecule has 0 fully saturated rings. The molecular formula is C6H2Cl4N2O. The second-order valence-electron chi connectivity index (χ2n) is 2.01. The van der Waals surface area contributed by atoms with E-state index in [0.717, 1.165) is 0 Å². The van der Waals surface area contributed by atoms with Crippen LogP contribution in [0, 0.1) is 0 Å². The monoisotopic (exact) mass is 258 g/mol. The molecule has 0 atom stereocenters. The minimum absolute atomic E-state index is 0.00253. The molecule has 0 saturated heterocycles. The fourth-order valence-corrected chi connectivity index (χ4v) is 1.68. The van der Waals surface area contributed by atoms with E-state index >= 15 is 0 Å². The van der Waals surface area contributed by atoms with Gasteiger partial charge in [0.25, 0.3) is 5.24 Å². The van der Waals surface area contributed by atoms with Crippen LogP contribution in [0.25, 0.3) is 0 Å². The number of carbonyl (C=O) groups excluding carboxylic acids is 1. The average Bonchev–Trinajstić information content (AvgIpc) is 2.01. The first-order valence-corrected chi connectivity index (χ1v) is 4.70. The van der Waals surface area contributed by atoms with Crippen LogP contribution in [0.5, 0.6) is 0 Å². The van der Waals surface area contributed by atoms with Gasteiger partial charge in [-0.3, -0.25) is 4.79 Å². The lowest BCUT2D eigenvalue weighted by atomic mass is 10.3. The van der Waals surface area contributed by atoms with Gasteiger partial charge in [0.05, 0.1) is 17.1 Å². The summed E-state index contributed by atoms with van der Waals surface area (Å²) in [5, 5.41) is -0.907. The summed E-state index contributed by atoms with van der Waals surface area (Å²) >= 11 is 21.8. The molecule has 7 heteroatoms. The molecule has 0 spiro atoms. The van der Waals surface area contributed by atoms with Gasteiger partial charge in [-0.25, -0.2) is 9.97 Å². The van der Waals surface area contributed by atoms with E-state index in [1.165, 1.54) is 0 Å². The van der Waals surface area contributed by atoms with Crippen LogP contribution < -0.4 is 0 Å². The Bertz CT molecular complexity index is 355. The van der Waals surface area contributed by atoms with Crippen molar-refractivity contribution in [2.45, 2.75) is 5.88 Å². The summed E-state index contributed by atoms with van der Waals surface area (Å²) in [4.78, 5) is 18.1. The van der Waals surface area contributed by atoms with E-state index in [-0.39, 0.29) is 27.6 Å². The van der Waals surface area contributed by atoms with Gasteiger partial charge in [0.2, 0.25) is 5.28 Å². The lowest BCUT2D eigenvalue weighted by molar-refractivity contribution is 0.108. The molecule has 70 valence electrons. The van der Waals surface area contributed by atoms with Gasteiger partial charge in [-0.1, -0.05) is 11.6 Å². The van der Waals surface area contributed by atoms with Crippen LogP contribution in [0.15, 0.2) is 0 Å². The highest BCUT2D eigenvalue weighted by Crippen LogP contribution is 2.21. The molecule has 0 aromatic carbocycles. The van der Waals surface area contributed by atoms with Crippen molar-refractivity contribution in [3.63, 3.8) is 0 Å². The van der Waals surface area contributed by atoms with Crippen molar-refractivity contribution >= 4 is 51.6 Å². The van der Waals surface area contributed by atoms with E-state index < -0.39 is 5.24 Å².